The summed E-state index contributed by atoms with van der Waals surface area (Å²) in [6.45, 7) is 1.40. The van der Waals surface area contributed by atoms with E-state index in [1.165, 1.54) is 24.3 Å². The van der Waals surface area contributed by atoms with Crippen molar-refractivity contribution in [3.8, 4) is 0 Å². The number of benzene rings is 2. The van der Waals surface area contributed by atoms with Gasteiger partial charge in [-0.05, 0) is 48.4 Å². The van der Waals surface area contributed by atoms with Gasteiger partial charge in [0, 0.05) is 11.1 Å². The van der Waals surface area contributed by atoms with Crippen LogP contribution < -0.4 is 5.32 Å². The highest BCUT2D eigenvalue weighted by atomic mass is 35.5. The topological polar surface area (TPSA) is 55.4 Å². The molecule has 0 aromatic heterocycles. The Kier molecular flexibility index (Phi) is 6.71. The van der Waals surface area contributed by atoms with Crippen molar-refractivity contribution in [2.45, 2.75) is 13.0 Å². The lowest BCUT2D eigenvalue weighted by Crippen LogP contribution is -2.30. The molecule has 2 aromatic carbocycles. The molecule has 0 aliphatic heterocycles. The van der Waals surface area contributed by atoms with Gasteiger partial charge in [0.05, 0.1) is 6.04 Å². The maximum Gasteiger partial charge on any atom is 0.331 e. The quantitative estimate of drug-likeness (QED) is 0.627. The molecule has 0 aliphatic carbocycles. The zero-order valence-electron chi connectivity index (χ0n) is 13.5. The Balaban J connectivity index is 1.80. The van der Waals surface area contributed by atoms with Gasteiger partial charge in [-0.3, -0.25) is 4.79 Å². The van der Waals surface area contributed by atoms with E-state index in [0.717, 1.165) is 11.6 Å². The second-order valence-electron chi connectivity index (χ2n) is 5.34. The normalized spacial score (nSPS) is 12.0. The third-order valence-corrected chi connectivity index (χ3v) is 3.57. The lowest BCUT2D eigenvalue weighted by molar-refractivity contribution is -0.144. The molecule has 0 heterocycles. The number of hydrogen-bond acceptors (Lipinski definition) is 3. The fourth-order valence-electron chi connectivity index (χ4n) is 2.10. The number of carbonyl (C=O) groups excluding carboxylic acids is 2. The van der Waals surface area contributed by atoms with E-state index in [4.69, 9.17) is 16.3 Å². The molecule has 6 heteroatoms. The number of hydrogen-bond donors (Lipinski definition) is 1. The number of rotatable bonds is 6. The molecule has 0 radical (unpaired) electrons. The smallest absolute Gasteiger partial charge is 0.331 e. The van der Waals surface area contributed by atoms with Gasteiger partial charge in [-0.1, -0.05) is 35.9 Å². The van der Waals surface area contributed by atoms with Crippen molar-refractivity contribution in [2.24, 2.45) is 0 Å². The Morgan fingerprint density at radius 2 is 2.00 bits per heavy atom. The summed E-state index contributed by atoms with van der Waals surface area (Å²) in [7, 11) is 0. The second-order valence-corrected chi connectivity index (χ2v) is 5.78. The van der Waals surface area contributed by atoms with Gasteiger partial charge < -0.3 is 10.1 Å². The summed E-state index contributed by atoms with van der Waals surface area (Å²) < 4.78 is 17.9. The molecule has 0 saturated carbocycles. The highest BCUT2D eigenvalue weighted by molar-refractivity contribution is 6.30. The number of nitrogens with one attached hydrogen (secondary N) is 1. The average Bonchev–Trinajstić information content (AvgIpc) is 2.58. The van der Waals surface area contributed by atoms with Gasteiger partial charge in [-0.25, -0.2) is 9.18 Å². The number of esters is 1. The molecular weight excluding hydrogens is 345 g/mol. The van der Waals surface area contributed by atoms with Crippen molar-refractivity contribution >= 4 is 29.6 Å². The van der Waals surface area contributed by atoms with Crippen LogP contribution in [0.25, 0.3) is 6.08 Å². The molecule has 130 valence electrons. The Bertz CT molecular complexity index is 792. The van der Waals surface area contributed by atoms with E-state index >= 15 is 0 Å². The summed E-state index contributed by atoms with van der Waals surface area (Å²) in [5.41, 5.74) is 1.37. The summed E-state index contributed by atoms with van der Waals surface area (Å²) >= 11 is 5.91. The van der Waals surface area contributed by atoms with Crippen molar-refractivity contribution in [3.05, 3.63) is 76.6 Å². The third kappa shape index (κ3) is 6.39. The molecule has 0 saturated heterocycles. The van der Waals surface area contributed by atoms with Crippen LogP contribution in [-0.2, 0) is 14.3 Å². The first kappa shape index (κ1) is 18.7. The zero-order chi connectivity index (χ0) is 18.2. The van der Waals surface area contributed by atoms with Crippen molar-refractivity contribution in [1.82, 2.24) is 5.32 Å². The van der Waals surface area contributed by atoms with Gasteiger partial charge in [-0.15, -0.1) is 0 Å². The predicted octanol–water partition coefficient (Wildman–Crippen LogP) is 3.91. The Morgan fingerprint density at radius 3 is 2.72 bits per heavy atom. The Morgan fingerprint density at radius 1 is 1.24 bits per heavy atom. The lowest BCUT2D eigenvalue weighted by Gasteiger charge is -2.14. The monoisotopic (exact) mass is 361 g/mol. The van der Waals surface area contributed by atoms with Gasteiger partial charge >= 0.3 is 5.97 Å². The fraction of sp³-hybridized carbons (Fsp3) is 0.158. The van der Waals surface area contributed by atoms with Gasteiger partial charge in [0.2, 0.25) is 0 Å². The molecule has 0 aliphatic rings. The number of carbonyl (C=O) groups is 2. The second kappa shape index (κ2) is 8.99. The molecule has 1 atom stereocenters. The van der Waals surface area contributed by atoms with Crippen LogP contribution in [0.3, 0.4) is 0 Å². The summed E-state index contributed by atoms with van der Waals surface area (Å²) in [5, 5.41) is 3.29. The van der Waals surface area contributed by atoms with Crippen LogP contribution in [0.4, 0.5) is 4.39 Å². The molecule has 25 heavy (non-hydrogen) atoms. The first-order valence-corrected chi connectivity index (χ1v) is 7.97. The number of amides is 1. The standard InChI is InChI=1S/C19H17ClFNO3/c1-13(15-5-3-6-16(20)11-15)22-18(23)12-25-19(24)9-8-14-4-2-7-17(21)10-14/h2-11,13H,12H2,1H3,(H,22,23)/b9-8+/t13-/m0/s1. The van der Waals surface area contributed by atoms with Gasteiger partial charge in [0.15, 0.2) is 6.61 Å². The van der Waals surface area contributed by atoms with Gasteiger partial charge in [-0.2, -0.15) is 0 Å². The summed E-state index contributed by atoms with van der Waals surface area (Å²) in [5.74, 6) is -1.51. The Labute approximate surface area is 150 Å². The number of halogens is 2. The molecule has 0 spiro atoms. The highest BCUT2D eigenvalue weighted by Crippen LogP contribution is 2.17. The number of ether oxygens (including phenoxy) is 1. The van der Waals surface area contributed by atoms with Crippen LogP contribution in [0.5, 0.6) is 0 Å². The molecule has 2 rings (SSSR count). The summed E-state index contributed by atoms with van der Waals surface area (Å²) in [6, 6.07) is 12.6. The van der Waals surface area contributed by atoms with Crippen LogP contribution in [-0.4, -0.2) is 18.5 Å². The Hall–Kier alpha value is -2.66. The SMILES string of the molecule is C[C@H](NC(=O)COC(=O)/C=C/c1cccc(F)c1)c1cccc(Cl)c1. The van der Waals surface area contributed by atoms with Crippen molar-refractivity contribution in [3.63, 3.8) is 0 Å². The molecule has 1 N–H and O–H groups in total. The lowest BCUT2D eigenvalue weighted by atomic mass is 10.1. The average molecular weight is 362 g/mol. The highest BCUT2D eigenvalue weighted by Gasteiger charge is 2.11. The third-order valence-electron chi connectivity index (χ3n) is 3.33. The maximum atomic E-state index is 13.0. The van der Waals surface area contributed by atoms with Crippen LogP contribution >= 0.6 is 11.6 Å². The molecular formula is C19H17ClFNO3. The predicted molar refractivity (Wildman–Crippen MR) is 94.4 cm³/mol. The van der Waals surface area contributed by atoms with Crippen LogP contribution in [0, 0.1) is 5.82 Å². The largest absolute Gasteiger partial charge is 0.452 e. The van der Waals surface area contributed by atoms with Gasteiger partial charge in [0.25, 0.3) is 5.91 Å². The first-order chi connectivity index (χ1) is 11.9. The van der Waals surface area contributed by atoms with Crippen molar-refractivity contribution in [2.75, 3.05) is 6.61 Å². The minimum Gasteiger partial charge on any atom is -0.452 e. The van der Waals surface area contributed by atoms with E-state index in [0.29, 0.717) is 10.6 Å². The first-order valence-electron chi connectivity index (χ1n) is 7.59. The van der Waals surface area contributed by atoms with Crippen molar-refractivity contribution in [1.29, 1.82) is 0 Å². The van der Waals surface area contributed by atoms with Crippen LogP contribution in [0.15, 0.2) is 54.6 Å². The van der Waals surface area contributed by atoms with E-state index < -0.39 is 24.3 Å². The van der Waals surface area contributed by atoms with E-state index in [2.05, 4.69) is 5.32 Å². The molecule has 0 bridgehead atoms. The molecule has 4 nitrogen and oxygen atoms in total. The van der Waals surface area contributed by atoms with E-state index in [9.17, 15) is 14.0 Å². The fourth-order valence-corrected chi connectivity index (χ4v) is 2.30. The molecule has 2 aromatic rings. The molecule has 0 fully saturated rings. The minimum absolute atomic E-state index is 0.271. The minimum atomic E-state index is -0.685. The van der Waals surface area contributed by atoms with Crippen molar-refractivity contribution < 1.29 is 18.7 Å². The summed E-state index contributed by atoms with van der Waals surface area (Å²) in [4.78, 5) is 23.4. The molecule has 0 unspecified atom stereocenters. The van der Waals surface area contributed by atoms with E-state index in [1.807, 2.05) is 6.07 Å². The van der Waals surface area contributed by atoms with Crippen LogP contribution in [0.1, 0.15) is 24.1 Å². The van der Waals surface area contributed by atoms with Crippen LogP contribution in [0.2, 0.25) is 5.02 Å². The van der Waals surface area contributed by atoms with E-state index in [1.54, 1.807) is 31.2 Å². The zero-order valence-corrected chi connectivity index (χ0v) is 14.3. The van der Waals surface area contributed by atoms with E-state index in [-0.39, 0.29) is 6.04 Å². The molecule has 1 amide bonds. The maximum absolute atomic E-state index is 13.0. The van der Waals surface area contributed by atoms with Gasteiger partial charge in [0.1, 0.15) is 5.82 Å². The summed E-state index contributed by atoms with van der Waals surface area (Å²) in [6.07, 6.45) is 2.56.